The van der Waals surface area contributed by atoms with E-state index in [2.05, 4.69) is 0 Å². The van der Waals surface area contributed by atoms with Gasteiger partial charge in [-0.05, 0) is 42.8 Å². The molecule has 5 nitrogen and oxygen atoms in total. The van der Waals surface area contributed by atoms with Gasteiger partial charge in [-0.3, -0.25) is 4.79 Å². The molecular weight excluding hydrogens is 360 g/mol. The van der Waals surface area contributed by atoms with Crippen molar-refractivity contribution >= 4 is 27.7 Å². The van der Waals surface area contributed by atoms with Crippen LogP contribution in [0.5, 0.6) is 0 Å². The van der Waals surface area contributed by atoms with Crippen molar-refractivity contribution in [3.8, 4) is 0 Å². The number of amides is 1. The summed E-state index contributed by atoms with van der Waals surface area (Å²) in [6.45, 7) is 6.98. The molecule has 0 heterocycles. The summed E-state index contributed by atoms with van der Waals surface area (Å²) in [5, 5.41) is 0. The van der Waals surface area contributed by atoms with E-state index in [-0.39, 0.29) is 10.8 Å². The number of para-hydroxylation sites is 1. The van der Waals surface area contributed by atoms with Crippen molar-refractivity contribution in [1.82, 2.24) is 4.31 Å². The third-order valence-corrected chi connectivity index (χ3v) is 6.36. The Balaban J connectivity index is 2.15. The minimum absolute atomic E-state index is 0.122. The van der Waals surface area contributed by atoms with Gasteiger partial charge < -0.3 is 4.90 Å². The molecule has 0 fully saturated rings. The van der Waals surface area contributed by atoms with E-state index in [4.69, 9.17) is 0 Å². The van der Waals surface area contributed by atoms with Crippen LogP contribution in [0.4, 0.5) is 5.69 Å². The topological polar surface area (TPSA) is 57.7 Å². The van der Waals surface area contributed by atoms with Crippen molar-refractivity contribution in [2.24, 2.45) is 0 Å². The normalized spacial score (nSPS) is 11.9. The second kappa shape index (κ2) is 9.48. The molecule has 0 atom stereocenters. The molecule has 0 saturated carbocycles. The molecule has 0 unspecified atom stereocenters. The largest absolute Gasteiger partial charge is 0.309 e. The summed E-state index contributed by atoms with van der Waals surface area (Å²) in [5.74, 6) is -0.122. The van der Waals surface area contributed by atoms with E-state index in [9.17, 15) is 13.2 Å². The van der Waals surface area contributed by atoms with Gasteiger partial charge in [0.1, 0.15) is 0 Å². The molecule has 2 rings (SSSR count). The standard InChI is InChI=1S/C21H26N2O3S/c1-4-22(5-2)27(25,26)20-15-12-18(13-16-20)14-17-21(24)23(6-3)19-10-8-7-9-11-19/h7-17H,4-6H2,1-3H3/b17-14+. The molecule has 0 bridgehead atoms. The summed E-state index contributed by atoms with van der Waals surface area (Å²) in [7, 11) is -3.47. The number of carbonyl (C=O) groups excluding carboxylic acids is 1. The summed E-state index contributed by atoms with van der Waals surface area (Å²) in [6, 6.07) is 16.0. The molecular formula is C21H26N2O3S. The van der Waals surface area contributed by atoms with Crippen molar-refractivity contribution < 1.29 is 13.2 Å². The smallest absolute Gasteiger partial charge is 0.250 e. The van der Waals surface area contributed by atoms with E-state index >= 15 is 0 Å². The molecule has 0 aromatic heterocycles. The molecule has 0 saturated heterocycles. The Morgan fingerprint density at radius 2 is 1.48 bits per heavy atom. The van der Waals surface area contributed by atoms with Crippen LogP contribution in [0.2, 0.25) is 0 Å². The number of carbonyl (C=O) groups is 1. The van der Waals surface area contributed by atoms with Gasteiger partial charge in [0.25, 0.3) is 5.91 Å². The Hall–Kier alpha value is -2.44. The zero-order valence-corrected chi connectivity index (χ0v) is 16.8. The third-order valence-electron chi connectivity index (χ3n) is 4.29. The SMILES string of the molecule is CCN(C(=O)/C=C/c1ccc(S(=O)(=O)N(CC)CC)cc1)c1ccccc1. The summed E-state index contributed by atoms with van der Waals surface area (Å²) in [6.07, 6.45) is 3.20. The maximum Gasteiger partial charge on any atom is 0.250 e. The van der Waals surface area contributed by atoms with Crippen LogP contribution in [0.15, 0.2) is 65.6 Å². The average molecular weight is 387 g/mol. The van der Waals surface area contributed by atoms with Gasteiger partial charge in [-0.15, -0.1) is 0 Å². The highest BCUT2D eigenvalue weighted by atomic mass is 32.2. The van der Waals surface area contributed by atoms with E-state index in [1.807, 2.05) is 51.1 Å². The fourth-order valence-electron chi connectivity index (χ4n) is 2.79. The van der Waals surface area contributed by atoms with Gasteiger partial charge in [-0.1, -0.05) is 44.2 Å². The highest BCUT2D eigenvalue weighted by molar-refractivity contribution is 7.89. The molecule has 0 aliphatic carbocycles. The summed E-state index contributed by atoms with van der Waals surface area (Å²) in [4.78, 5) is 14.4. The first-order chi connectivity index (χ1) is 12.9. The zero-order chi connectivity index (χ0) is 19.9. The fourth-order valence-corrected chi connectivity index (χ4v) is 4.25. The highest BCUT2D eigenvalue weighted by Crippen LogP contribution is 2.17. The number of hydrogen-bond acceptors (Lipinski definition) is 3. The molecule has 1 amide bonds. The number of nitrogens with zero attached hydrogens (tertiary/aromatic N) is 2. The van der Waals surface area contributed by atoms with Gasteiger partial charge in [-0.25, -0.2) is 8.42 Å². The minimum atomic E-state index is -3.47. The average Bonchev–Trinajstić information content (AvgIpc) is 2.69. The number of likely N-dealkylation sites (N-methyl/N-ethyl adjacent to an activating group) is 1. The molecule has 27 heavy (non-hydrogen) atoms. The van der Waals surface area contributed by atoms with E-state index in [0.29, 0.717) is 19.6 Å². The Morgan fingerprint density at radius 1 is 0.889 bits per heavy atom. The molecule has 144 valence electrons. The summed E-state index contributed by atoms with van der Waals surface area (Å²) >= 11 is 0. The molecule has 0 N–H and O–H groups in total. The highest BCUT2D eigenvalue weighted by Gasteiger charge is 2.21. The van der Waals surface area contributed by atoms with Crippen LogP contribution in [-0.4, -0.2) is 38.3 Å². The van der Waals surface area contributed by atoms with E-state index in [1.54, 1.807) is 35.2 Å². The van der Waals surface area contributed by atoms with Gasteiger partial charge in [0, 0.05) is 31.4 Å². The van der Waals surface area contributed by atoms with Crippen LogP contribution >= 0.6 is 0 Å². The maximum atomic E-state index is 12.5. The van der Waals surface area contributed by atoms with E-state index < -0.39 is 10.0 Å². The minimum Gasteiger partial charge on any atom is -0.309 e. The van der Waals surface area contributed by atoms with Crippen molar-refractivity contribution in [2.45, 2.75) is 25.7 Å². The van der Waals surface area contributed by atoms with Crippen LogP contribution in [0.1, 0.15) is 26.3 Å². The Kier molecular flexibility index (Phi) is 7.33. The van der Waals surface area contributed by atoms with Crippen LogP contribution in [0.25, 0.3) is 6.08 Å². The predicted molar refractivity (Wildman–Crippen MR) is 110 cm³/mol. The molecule has 2 aromatic rings. The van der Waals surface area contributed by atoms with Gasteiger partial charge in [0.15, 0.2) is 0 Å². The monoisotopic (exact) mass is 386 g/mol. The first-order valence-corrected chi connectivity index (χ1v) is 10.5. The number of benzene rings is 2. The van der Waals surface area contributed by atoms with Gasteiger partial charge >= 0.3 is 0 Å². The molecule has 0 aliphatic heterocycles. The lowest BCUT2D eigenvalue weighted by molar-refractivity contribution is -0.114. The zero-order valence-electron chi connectivity index (χ0n) is 16.0. The van der Waals surface area contributed by atoms with E-state index in [0.717, 1.165) is 11.3 Å². The van der Waals surface area contributed by atoms with Crippen LogP contribution in [0, 0.1) is 0 Å². The fraction of sp³-hybridized carbons (Fsp3) is 0.286. The number of hydrogen-bond donors (Lipinski definition) is 0. The maximum absolute atomic E-state index is 12.5. The number of sulfonamides is 1. The second-order valence-electron chi connectivity index (χ2n) is 5.91. The van der Waals surface area contributed by atoms with Crippen molar-refractivity contribution in [3.63, 3.8) is 0 Å². The van der Waals surface area contributed by atoms with Gasteiger partial charge in [0.2, 0.25) is 10.0 Å². The number of rotatable bonds is 8. The quantitative estimate of drug-likeness (QED) is 0.649. The summed E-state index contributed by atoms with van der Waals surface area (Å²) < 4.78 is 26.4. The Bertz CT molecular complexity index is 871. The summed E-state index contributed by atoms with van der Waals surface area (Å²) in [5.41, 5.74) is 1.61. The molecule has 0 radical (unpaired) electrons. The molecule has 6 heteroatoms. The first-order valence-electron chi connectivity index (χ1n) is 9.08. The Labute approximate surface area is 162 Å². The van der Waals surface area contributed by atoms with Crippen LogP contribution < -0.4 is 4.90 Å². The predicted octanol–water partition coefficient (Wildman–Crippen LogP) is 3.78. The van der Waals surface area contributed by atoms with Gasteiger partial charge in [-0.2, -0.15) is 4.31 Å². The third kappa shape index (κ3) is 5.05. The van der Waals surface area contributed by atoms with E-state index in [1.165, 1.54) is 10.4 Å². The van der Waals surface area contributed by atoms with Crippen LogP contribution in [-0.2, 0) is 14.8 Å². The second-order valence-corrected chi connectivity index (χ2v) is 7.85. The van der Waals surface area contributed by atoms with Gasteiger partial charge in [0.05, 0.1) is 4.90 Å². The lowest BCUT2D eigenvalue weighted by atomic mass is 10.2. The lowest BCUT2D eigenvalue weighted by Crippen LogP contribution is -2.30. The van der Waals surface area contributed by atoms with Crippen molar-refractivity contribution in [2.75, 3.05) is 24.5 Å². The number of anilines is 1. The lowest BCUT2D eigenvalue weighted by Gasteiger charge is -2.19. The first kappa shape index (κ1) is 20.9. The van der Waals surface area contributed by atoms with Crippen molar-refractivity contribution in [3.05, 3.63) is 66.2 Å². The molecule has 0 aliphatic rings. The molecule has 0 spiro atoms. The molecule has 2 aromatic carbocycles. The Morgan fingerprint density at radius 3 is 2.00 bits per heavy atom. The van der Waals surface area contributed by atoms with Crippen molar-refractivity contribution in [1.29, 1.82) is 0 Å². The van der Waals surface area contributed by atoms with Crippen LogP contribution in [0.3, 0.4) is 0 Å².